The second-order valence-electron chi connectivity index (χ2n) is 7.49. The number of hydrogen-bond donors (Lipinski definition) is 1. The molecule has 5 heteroatoms. The zero-order valence-electron chi connectivity index (χ0n) is 14.8. The third-order valence-corrected chi connectivity index (χ3v) is 5.21. The number of aromatic nitrogens is 3. The van der Waals surface area contributed by atoms with Gasteiger partial charge in [0, 0.05) is 11.9 Å². The molecule has 0 aliphatic heterocycles. The van der Waals surface area contributed by atoms with Crippen LogP contribution in [-0.4, -0.2) is 20.5 Å². The van der Waals surface area contributed by atoms with Gasteiger partial charge in [0.15, 0.2) is 5.65 Å². The van der Waals surface area contributed by atoms with Gasteiger partial charge in [0.25, 0.3) is 5.91 Å². The van der Waals surface area contributed by atoms with Crippen molar-refractivity contribution in [1.82, 2.24) is 19.9 Å². The van der Waals surface area contributed by atoms with Gasteiger partial charge in [-0.3, -0.25) is 4.79 Å². The van der Waals surface area contributed by atoms with Crippen LogP contribution < -0.4 is 5.32 Å². The second kappa shape index (κ2) is 5.69. The second-order valence-corrected chi connectivity index (χ2v) is 7.49. The molecule has 1 atom stereocenters. The molecule has 1 aromatic carbocycles. The lowest BCUT2D eigenvalue weighted by Gasteiger charge is -2.40. The molecule has 5 nitrogen and oxygen atoms in total. The van der Waals surface area contributed by atoms with E-state index in [1.165, 1.54) is 11.1 Å². The Labute approximate surface area is 147 Å². The summed E-state index contributed by atoms with van der Waals surface area (Å²) in [5, 5.41) is 7.50. The number of aryl methyl sites for hydroxylation is 2. The highest BCUT2D eigenvalue weighted by atomic mass is 16.1. The molecule has 4 rings (SSSR count). The Balaban J connectivity index is 1.71. The Morgan fingerprint density at radius 2 is 2.08 bits per heavy atom. The molecule has 2 aromatic heterocycles. The third-order valence-electron chi connectivity index (χ3n) is 5.21. The number of rotatable bonds is 2. The van der Waals surface area contributed by atoms with E-state index in [1.54, 1.807) is 10.7 Å². The summed E-state index contributed by atoms with van der Waals surface area (Å²) in [6.07, 6.45) is 5.52. The minimum atomic E-state index is -0.122. The van der Waals surface area contributed by atoms with Crippen LogP contribution in [0.5, 0.6) is 0 Å². The minimum absolute atomic E-state index is 0.00364. The maximum Gasteiger partial charge on any atom is 0.257 e. The van der Waals surface area contributed by atoms with E-state index in [0.29, 0.717) is 11.2 Å². The van der Waals surface area contributed by atoms with Crippen LogP contribution in [0.2, 0.25) is 0 Å². The van der Waals surface area contributed by atoms with Crippen LogP contribution in [0.3, 0.4) is 0 Å². The summed E-state index contributed by atoms with van der Waals surface area (Å²) in [6.45, 7) is 6.34. The topological polar surface area (TPSA) is 59.3 Å². The maximum atomic E-state index is 13.0. The molecule has 0 radical (unpaired) electrons. The normalized spacial score (nSPS) is 18.8. The highest BCUT2D eigenvalue weighted by Crippen LogP contribution is 2.43. The smallest absolute Gasteiger partial charge is 0.257 e. The lowest BCUT2D eigenvalue weighted by atomic mass is 9.70. The van der Waals surface area contributed by atoms with Crippen molar-refractivity contribution < 1.29 is 4.79 Å². The Kier molecular flexibility index (Phi) is 3.60. The van der Waals surface area contributed by atoms with Crippen LogP contribution in [0, 0.1) is 12.3 Å². The zero-order chi connectivity index (χ0) is 17.6. The number of benzene rings is 1. The number of amides is 1. The molecule has 0 saturated carbocycles. The molecular weight excluding hydrogens is 312 g/mol. The van der Waals surface area contributed by atoms with Crippen LogP contribution >= 0.6 is 0 Å². The fraction of sp³-hybridized carbons (Fsp3) is 0.350. The molecule has 25 heavy (non-hydrogen) atoms. The van der Waals surface area contributed by atoms with Crippen molar-refractivity contribution in [2.45, 2.75) is 39.7 Å². The van der Waals surface area contributed by atoms with Gasteiger partial charge in [-0.15, -0.1) is 0 Å². The predicted molar refractivity (Wildman–Crippen MR) is 96.5 cm³/mol. The molecule has 3 aromatic rings. The maximum absolute atomic E-state index is 13.0. The number of nitrogens with one attached hydrogen (secondary N) is 1. The molecule has 1 amide bonds. The summed E-state index contributed by atoms with van der Waals surface area (Å²) >= 11 is 0. The van der Waals surface area contributed by atoms with E-state index in [9.17, 15) is 4.79 Å². The van der Waals surface area contributed by atoms with Gasteiger partial charge in [-0.05, 0) is 42.4 Å². The molecule has 0 spiro atoms. The Morgan fingerprint density at radius 3 is 2.92 bits per heavy atom. The highest BCUT2D eigenvalue weighted by Gasteiger charge is 2.37. The molecule has 1 unspecified atom stereocenters. The van der Waals surface area contributed by atoms with Gasteiger partial charge in [0.1, 0.15) is 5.56 Å². The van der Waals surface area contributed by atoms with Gasteiger partial charge in [-0.25, -0.2) is 9.50 Å². The number of fused-ring (bicyclic) bond motifs is 2. The van der Waals surface area contributed by atoms with Crippen molar-refractivity contribution in [3.8, 4) is 0 Å². The zero-order valence-corrected chi connectivity index (χ0v) is 14.8. The van der Waals surface area contributed by atoms with Crippen LogP contribution in [0.1, 0.15) is 53.5 Å². The molecule has 1 N–H and O–H groups in total. The van der Waals surface area contributed by atoms with Gasteiger partial charge in [-0.2, -0.15) is 5.10 Å². The lowest BCUT2D eigenvalue weighted by Crippen LogP contribution is -2.41. The van der Waals surface area contributed by atoms with E-state index < -0.39 is 0 Å². The van der Waals surface area contributed by atoms with Gasteiger partial charge in [-0.1, -0.05) is 38.1 Å². The average molecular weight is 334 g/mol. The number of hydrogen-bond acceptors (Lipinski definition) is 3. The van der Waals surface area contributed by atoms with E-state index in [0.717, 1.165) is 18.5 Å². The van der Waals surface area contributed by atoms with Crippen LogP contribution in [0.4, 0.5) is 0 Å². The van der Waals surface area contributed by atoms with Crippen molar-refractivity contribution in [2.24, 2.45) is 5.41 Å². The fourth-order valence-corrected chi connectivity index (χ4v) is 3.67. The molecule has 1 aliphatic carbocycles. The van der Waals surface area contributed by atoms with Crippen LogP contribution in [0.15, 0.2) is 42.7 Å². The van der Waals surface area contributed by atoms with Crippen molar-refractivity contribution >= 4 is 11.6 Å². The quantitative estimate of drug-likeness (QED) is 0.780. The summed E-state index contributed by atoms with van der Waals surface area (Å²) in [5.74, 6) is -0.122. The molecule has 1 aliphatic rings. The lowest BCUT2D eigenvalue weighted by molar-refractivity contribution is 0.0882. The van der Waals surface area contributed by atoms with Crippen molar-refractivity contribution in [1.29, 1.82) is 0 Å². The minimum Gasteiger partial charge on any atom is -0.345 e. The summed E-state index contributed by atoms with van der Waals surface area (Å²) in [7, 11) is 0. The molecule has 2 heterocycles. The molecule has 0 saturated heterocycles. The molecule has 0 fully saturated rings. The van der Waals surface area contributed by atoms with Crippen molar-refractivity contribution in [2.75, 3.05) is 0 Å². The third kappa shape index (κ3) is 2.69. The predicted octanol–water partition coefficient (Wildman–Crippen LogP) is 3.48. The summed E-state index contributed by atoms with van der Waals surface area (Å²) < 4.78 is 1.64. The standard InChI is InChI=1S/C20H22N4O/c1-13-9-11-24-18(22-13)16(12-21-24)19(25)23-17-15-7-5-4-6-14(15)8-10-20(17,2)3/h4-7,9,11-12,17H,8,10H2,1-3H3,(H,23,25). The van der Waals surface area contributed by atoms with Crippen molar-refractivity contribution in [3.05, 3.63) is 65.1 Å². The Morgan fingerprint density at radius 1 is 1.28 bits per heavy atom. The average Bonchev–Trinajstić information content (AvgIpc) is 3.00. The Hall–Kier alpha value is -2.69. The summed E-state index contributed by atoms with van der Waals surface area (Å²) in [4.78, 5) is 17.5. The number of carbonyl (C=O) groups excluding carboxylic acids is 1. The first-order valence-corrected chi connectivity index (χ1v) is 8.65. The van der Waals surface area contributed by atoms with Gasteiger partial charge in [0.2, 0.25) is 0 Å². The summed E-state index contributed by atoms with van der Waals surface area (Å²) in [6, 6.07) is 10.2. The van der Waals surface area contributed by atoms with E-state index in [2.05, 4.69) is 47.4 Å². The number of carbonyl (C=O) groups is 1. The first-order valence-electron chi connectivity index (χ1n) is 8.65. The number of nitrogens with zero attached hydrogens (tertiary/aromatic N) is 3. The van der Waals surface area contributed by atoms with E-state index >= 15 is 0 Å². The Bertz CT molecular complexity index is 957. The van der Waals surface area contributed by atoms with Gasteiger partial charge < -0.3 is 5.32 Å². The van der Waals surface area contributed by atoms with E-state index in [1.807, 2.05) is 25.3 Å². The van der Waals surface area contributed by atoms with Crippen LogP contribution in [0.25, 0.3) is 5.65 Å². The monoisotopic (exact) mass is 334 g/mol. The molecular formula is C20H22N4O. The fourth-order valence-electron chi connectivity index (χ4n) is 3.67. The molecule has 0 bridgehead atoms. The largest absolute Gasteiger partial charge is 0.345 e. The SMILES string of the molecule is Cc1ccn2ncc(C(=O)NC3c4ccccc4CCC3(C)C)c2n1. The summed E-state index contributed by atoms with van der Waals surface area (Å²) in [5.41, 5.74) is 4.51. The highest BCUT2D eigenvalue weighted by molar-refractivity contribution is 5.99. The van der Waals surface area contributed by atoms with Gasteiger partial charge in [0.05, 0.1) is 12.2 Å². The first kappa shape index (κ1) is 15.8. The molecule has 128 valence electrons. The first-order chi connectivity index (χ1) is 12.0. The van der Waals surface area contributed by atoms with E-state index in [-0.39, 0.29) is 17.4 Å². The van der Waals surface area contributed by atoms with Crippen molar-refractivity contribution in [3.63, 3.8) is 0 Å². The van der Waals surface area contributed by atoms with Crippen LogP contribution in [-0.2, 0) is 6.42 Å². The van der Waals surface area contributed by atoms with Gasteiger partial charge >= 0.3 is 0 Å². The van der Waals surface area contributed by atoms with E-state index in [4.69, 9.17) is 0 Å².